The van der Waals surface area contributed by atoms with Crippen LogP contribution in [-0.4, -0.2) is 17.5 Å². The normalized spacial score (nSPS) is 9.73. The number of amides is 1. The summed E-state index contributed by atoms with van der Waals surface area (Å²) in [4.78, 5) is 20.0. The van der Waals surface area contributed by atoms with Gasteiger partial charge < -0.3 is 5.32 Å². The van der Waals surface area contributed by atoms with E-state index in [0.29, 0.717) is 6.07 Å². The first-order valence-corrected chi connectivity index (χ1v) is 3.84. The lowest BCUT2D eigenvalue weighted by atomic mass is 10.2. The first kappa shape index (κ1) is 11.0. The van der Waals surface area contributed by atoms with E-state index in [1.807, 2.05) is 5.32 Å². The molecule has 80 valence electrons. The third-order valence-corrected chi connectivity index (χ3v) is 1.56. The first-order chi connectivity index (χ1) is 7.04. The number of nitrogens with one attached hydrogen (secondary N) is 1. The van der Waals surface area contributed by atoms with E-state index in [-0.39, 0.29) is 5.69 Å². The van der Waals surface area contributed by atoms with Crippen LogP contribution in [-0.2, 0) is 4.79 Å². The Morgan fingerprint density at radius 1 is 1.53 bits per heavy atom. The fourth-order valence-electron chi connectivity index (χ4n) is 0.903. The zero-order valence-corrected chi connectivity index (χ0v) is 7.37. The van der Waals surface area contributed by atoms with Gasteiger partial charge in [0.05, 0.1) is 16.7 Å². The first-order valence-electron chi connectivity index (χ1n) is 3.84. The van der Waals surface area contributed by atoms with Gasteiger partial charge in [0.2, 0.25) is 0 Å². The topological polar surface area (TPSA) is 72.2 Å². The molecule has 0 aliphatic heterocycles. The highest BCUT2D eigenvalue weighted by Crippen LogP contribution is 2.20. The Morgan fingerprint density at radius 3 is 2.67 bits per heavy atom. The Balaban J connectivity index is 2.93. The monoisotopic (exact) mass is 216 g/mol. The number of benzene rings is 1. The molecule has 0 saturated heterocycles. The van der Waals surface area contributed by atoms with Crippen LogP contribution in [0.25, 0.3) is 0 Å². The number of nitro benzene ring substituents is 1. The lowest BCUT2D eigenvalue weighted by Gasteiger charge is -2.03. The van der Waals surface area contributed by atoms with Crippen LogP contribution in [0.5, 0.6) is 0 Å². The molecule has 5 nitrogen and oxygen atoms in total. The maximum Gasteiger partial charge on any atom is 0.272 e. The maximum absolute atomic E-state index is 13.1. The second kappa shape index (κ2) is 4.45. The fourth-order valence-corrected chi connectivity index (χ4v) is 0.903. The molecule has 0 fully saturated rings. The zero-order valence-electron chi connectivity index (χ0n) is 7.37. The number of hydrogen-bond acceptors (Lipinski definition) is 3. The molecule has 1 rings (SSSR count). The van der Waals surface area contributed by atoms with Gasteiger partial charge in [0.25, 0.3) is 11.6 Å². The van der Waals surface area contributed by atoms with Gasteiger partial charge in [-0.25, -0.2) is 8.78 Å². The predicted molar refractivity (Wildman–Crippen MR) is 47.7 cm³/mol. The molecule has 0 aliphatic rings. The van der Waals surface area contributed by atoms with Gasteiger partial charge in [0.1, 0.15) is 0 Å². The summed E-state index contributed by atoms with van der Waals surface area (Å²) in [6, 6.07) is 2.66. The van der Waals surface area contributed by atoms with Crippen molar-refractivity contribution in [1.82, 2.24) is 0 Å². The van der Waals surface area contributed by atoms with Gasteiger partial charge in [-0.05, 0) is 6.07 Å². The van der Waals surface area contributed by atoms with Gasteiger partial charge in [0.15, 0.2) is 12.5 Å². The Morgan fingerprint density at radius 2 is 2.20 bits per heavy atom. The standard InChI is InChI=1S/C8H6F2N2O3/c9-4-8(13)11-7-2-1-5(12(14)15)3-6(7)10/h1-3H,4H2,(H,11,13). The smallest absolute Gasteiger partial charge is 0.272 e. The van der Waals surface area contributed by atoms with Crippen molar-refractivity contribution in [2.45, 2.75) is 0 Å². The van der Waals surface area contributed by atoms with E-state index in [2.05, 4.69) is 0 Å². The molecule has 15 heavy (non-hydrogen) atoms. The lowest BCUT2D eigenvalue weighted by Crippen LogP contribution is -2.14. The van der Waals surface area contributed by atoms with Crippen molar-refractivity contribution in [2.24, 2.45) is 0 Å². The molecular weight excluding hydrogens is 210 g/mol. The second-order valence-corrected chi connectivity index (χ2v) is 2.60. The van der Waals surface area contributed by atoms with Crippen LogP contribution in [0.3, 0.4) is 0 Å². The molecule has 0 unspecified atom stereocenters. The molecule has 1 aromatic carbocycles. The average Bonchev–Trinajstić information content (AvgIpc) is 2.20. The number of nitro groups is 1. The molecule has 1 aromatic rings. The highest BCUT2D eigenvalue weighted by Gasteiger charge is 2.12. The number of non-ortho nitro benzene ring substituents is 1. The molecular formula is C8H6F2N2O3. The molecule has 0 bridgehead atoms. The van der Waals surface area contributed by atoms with E-state index < -0.39 is 29.0 Å². The number of alkyl halides is 1. The van der Waals surface area contributed by atoms with E-state index in [1.165, 1.54) is 0 Å². The summed E-state index contributed by atoms with van der Waals surface area (Å²) in [7, 11) is 0. The van der Waals surface area contributed by atoms with Crippen molar-refractivity contribution >= 4 is 17.3 Å². The van der Waals surface area contributed by atoms with Gasteiger partial charge in [-0.3, -0.25) is 14.9 Å². The summed E-state index contributed by atoms with van der Waals surface area (Å²) < 4.78 is 24.8. The minimum atomic E-state index is -1.28. The van der Waals surface area contributed by atoms with E-state index >= 15 is 0 Å². The van der Waals surface area contributed by atoms with Crippen molar-refractivity contribution in [3.05, 3.63) is 34.1 Å². The molecule has 7 heteroatoms. The summed E-state index contributed by atoms with van der Waals surface area (Å²) in [5, 5.41) is 12.1. The minimum Gasteiger partial charge on any atom is -0.321 e. The van der Waals surface area contributed by atoms with Crippen molar-refractivity contribution in [2.75, 3.05) is 12.0 Å². The van der Waals surface area contributed by atoms with Crippen LogP contribution in [0, 0.1) is 15.9 Å². The van der Waals surface area contributed by atoms with Gasteiger partial charge >= 0.3 is 0 Å². The van der Waals surface area contributed by atoms with Crippen LogP contribution in [0.4, 0.5) is 20.2 Å². The van der Waals surface area contributed by atoms with Crippen molar-refractivity contribution in [3.63, 3.8) is 0 Å². The number of hydrogen-bond donors (Lipinski definition) is 1. The van der Waals surface area contributed by atoms with Gasteiger partial charge in [0, 0.05) is 6.07 Å². The molecule has 1 amide bonds. The van der Waals surface area contributed by atoms with Crippen LogP contribution >= 0.6 is 0 Å². The van der Waals surface area contributed by atoms with Gasteiger partial charge in [-0.2, -0.15) is 0 Å². The van der Waals surface area contributed by atoms with Crippen LogP contribution in [0.15, 0.2) is 18.2 Å². The van der Waals surface area contributed by atoms with E-state index in [0.717, 1.165) is 12.1 Å². The summed E-state index contributed by atoms with van der Waals surface area (Å²) in [6.07, 6.45) is 0. The number of nitrogens with zero attached hydrogens (tertiary/aromatic N) is 1. The Labute approximate surface area is 82.9 Å². The molecule has 0 saturated carbocycles. The highest BCUT2D eigenvalue weighted by molar-refractivity contribution is 5.91. The van der Waals surface area contributed by atoms with E-state index in [4.69, 9.17) is 0 Å². The summed E-state index contributed by atoms with van der Waals surface area (Å²) in [5.74, 6) is -1.99. The molecule has 0 heterocycles. The number of carbonyl (C=O) groups excluding carboxylic acids is 1. The Bertz CT molecular complexity index is 409. The summed E-state index contributed by atoms with van der Waals surface area (Å²) >= 11 is 0. The molecule has 0 aromatic heterocycles. The van der Waals surface area contributed by atoms with Crippen LogP contribution < -0.4 is 5.32 Å². The van der Waals surface area contributed by atoms with Crippen molar-refractivity contribution in [1.29, 1.82) is 0 Å². The number of halogens is 2. The maximum atomic E-state index is 13.1. The number of carbonyl (C=O) groups is 1. The van der Waals surface area contributed by atoms with E-state index in [1.54, 1.807) is 0 Å². The average molecular weight is 216 g/mol. The van der Waals surface area contributed by atoms with Gasteiger partial charge in [-0.1, -0.05) is 0 Å². The Hall–Kier alpha value is -2.05. The fraction of sp³-hybridized carbons (Fsp3) is 0.125. The van der Waals surface area contributed by atoms with Crippen LogP contribution in [0.2, 0.25) is 0 Å². The lowest BCUT2D eigenvalue weighted by molar-refractivity contribution is -0.385. The van der Waals surface area contributed by atoms with E-state index in [9.17, 15) is 23.7 Å². The summed E-state index contributed by atoms with van der Waals surface area (Å²) in [5.41, 5.74) is -0.728. The molecule has 0 atom stereocenters. The minimum absolute atomic E-state index is 0.289. The highest BCUT2D eigenvalue weighted by atomic mass is 19.1. The summed E-state index contributed by atoms with van der Waals surface area (Å²) in [6.45, 7) is -1.28. The third-order valence-electron chi connectivity index (χ3n) is 1.56. The Kier molecular flexibility index (Phi) is 3.27. The SMILES string of the molecule is O=C(CF)Nc1ccc([N+](=O)[O-])cc1F. The second-order valence-electron chi connectivity index (χ2n) is 2.60. The molecule has 0 spiro atoms. The van der Waals surface area contributed by atoms with Crippen LogP contribution in [0.1, 0.15) is 0 Å². The number of anilines is 1. The molecule has 1 N–H and O–H groups in total. The number of rotatable bonds is 3. The quantitative estimate of drug-likeness (QED) is 0.616. The van der Waals surface area contributed by atoms with Crippen molar-refractivity contribution < 1.29 is 18.5 Å². The molecule has 0 aliphatic carbocycles. The predicted octanol–water partition coefficient (Wildman–Crippen LogP) is 1.64. The largest absolute Gasteiger partial charge is 0.321 e. The molecule has 0 radical (unpaired) electrons. The van der Waals surface area contributed by atoms with Crippen molar-refractivity contribution in [3.8, 4) is 0 Å². The zero-order chi connectivity index (χ0) is 11.4. The third kappa shape index (κ3) is 2.70. The van der Waals surface area contributed by atoms with Gasteiger partial charge in [-0.15, -0.1) is 0 Å².